The second kappa shape index (κ2) is 5.65. The third-order valence-corrected chi connectivity index (χ3v) is 2.92. The fourth-order valence-electron chi connectivity index (χ4n) is 0.997. The van der Waals surface area contributed by atoms with Gasteiger partial charge in [-0.2, -0.15) is 0 Å². The van der Waals surface area contributed by atoms with Crippen molar-refractivity contribution in [2.75, 3.05) is 6.54 Å². The summed E-state index contributed by atoms with van der Waals surface area (Å²) < 4.78 is 0. The van der Waals surface area contributed by atoms with E-state index in [1.54, 1.807) is 13.8 Å². The number of aliphatic carboxylic acids is 1. The predicted octanol–water partition coefficient (Wildman–Crippen LogP) is -0.0291. The average molecular weight is 244 g/mol. The van der Waals surface area contributed by atoms with Crippen LogP contribution in [0, 0.1) is 17.3 Å². The third kappa shape index (κ3) is 4.42. The lowest BCUT2D eigenvalue weighted by Crippen LogP contribution is -2.45. The second-order valence-corrected chi connectivity index (χ2v) is 4.88. The SMILES string of the molecule is CC(C(=O)O)C(C)C(=O)NCC(C)(C)C(N)=O. The summed E-state index contributed by atoms with van der Waals surface area (Å²) in [5.74, 6) is -3.37. The number of nitrogens with two attached hydrogens (primary N) is 1. The molecular weight excluding hydrogens is 224 g/mol. The standard InChI is InChI=1S/C11H20N2O4/c1-6(7(2)9(15)16)8(14)13-5-11(3,4)10(12)17/h6-7H,5H2,1-4H3,(H2,12,17)(H,13,14)(H,15,16). The largest absolute Gasteiger partial charge is 0.481 e. The fraction of sp³-hybridized carbons (Fsp3) is 0.727. The Bertz CT molecular complexity index is 325. The predicted molar refractivity (Wildman–Crippen MR) is 61.9 cm³/mol. The van der Waals surface area contributed by atoms with Gasteiger partial charge in [0.05, 0.1) is 11.3 Å². The molecule has 17 heavy (non-hydrogen) atoms. The van der Waals surface area contributed by atoms with Crippen LogP contribution in [-0.4, -0.2) is 29.4 Å². The highest BCUT2D eigenvalue weighted by Crippen LogP contribution is 2.14. The van der Waals surface area contributed by atoms with Crippen molar-refractivity contribution in [2.45, 2.75) is 27.7 Å². The minimum atomic E-state index is -1.03. The van der Waals surface area contributed by atoms with Crippen molar-refractivity contribution in [2.24, 2.45) is 23.0 Å². The number of rotatable bonds is 6. The molecule has 0 aliphatic carbocycles. The van der Waals surface area contributed by atoms with Gasteiger partial charge in [-0.1, -0.05) is 13.8 Å². The number of hydrogen-bond donors (Lipinski definition) is 3. The zero-order valence-electron chi connectivity index (χ0n) is 10.6. The molecule has 0 heterocycles. The van der Waals surface area contributed by atoms with Crippen LogP contribution in [0.1, 0.15) is 27.7 Å². The molecule has 2 unspecified atom stereocenters. The molecule has 6 nitrogen and oxygen atoms in total. The van der Waals surface area contributed by atoms with Gasteiger partial charge in [-0.05, 0) is 13.8 Å². The molecule has 0 aromatic rings. The maximum atomic E-state index is 11.6. The Morgan fingerprint density at radius 3 is 2.06 bits per heavy atom. The van der Waals surface area contributed by atoms with E-state index < -0.39 is 35.0 Å². The number of primary amides is 1. The van der Waals surface area contributed by atoms with E-state index in [1.165, 1.54) is 13.8 Å². The lowest BCUT2D eigenvalue weighted by molar-refractivity contribution is -0.146. The summed E-state index contributed by atoms with van der Waals surface area (Å²) in [5.41, 5.74) is 4.31. The Morgan fingerprint density at radius 1 is 1.24 bits per heavy atom. The normalized spacial score (nSPS) is 14.8. The minimum absolute atomic E-state index is 0.0951. The molecule has 0 saturated heterocycles. The van der Waals surface area contributed by atoms with Gasteiger partial charge in [0, 0.05) is 12.5 Å². The molecule has 0 saturated carbocycles. The Hall–Kier alpha value is -1.59. The Balaban J connectivity index is 4.38. The van der Waals surface area contributed by atoms with Gasteiger partial charge in [0.25, 0.3) is 0 Å². The second-order valence-electron chi connectivity index (χ2n) is 4.88. The van der Waals surface area contributed by atoms with Crippen LogP contribution in [0.25, 0.3) is 0 Å². The summed E-state index contributed by atoms with van der Waals surface area (Å²) in [4.78, 5) is 33.4. The number of nitrogens with one attached hydrogen (secondary N) is 1. The number of carboxylic acid groups (broad SMARTS) is 1. The van der Waals surface area contributed by atoms with Gasteiger partial charge in [0.2, 0.25) is 11.8 Å². The van der Waals surface area contributed by atoms with Crippen LogP contribution in [0.15, 0.2) is 0 Å². The fourth-order valence-corrected chi connectivity index (χ4v) is 0.997. The van der Waals surface area contributed by atoms with Crippen molar-refractivity contribution >= 4 is 17.8 Å². The summed E-state index contributed by atoms with van der Waals surface area (Å²) in [6.07, 6.45) is 0. The molecule has 0 aromatic carbocycles. The Morgan fingerprint density at radius 2 is 1.71 bits per heavy atom. The Kier molecular flexibility index (Phi) is 5.12. The molecule has 0 radical (unpaired) electrons. The monoisotopic (exact) mass is 244 g/mol. The minimum Gasteiger partial charge on any atom is -0.481 e. The topological polar surface area (TPSA) is 109 Å². The van der Waals surface area contributed by atoms with Crippen molar-refractivity contribution in [3.8, 4) is 0 Å². The molecular formula is C11H20N2O4. The molecule has 2 atom stereocenters. The third-order valence-electron chi connectivity index (χ3n) is 2.92. The van der Waals surface area contributed by atoms with Crippen LogP contribution in [0.5, 0.6) is 0 Å². The van der Waals surface area contributed by atoms with E-state index in [1.807, 2.05) is 0 Å². The summed E-state index contributed by atoms with van der Waals surface area (Å²) in [7, 11) is 0. The van der Waals surface area contributed by atoms with Crippen molar-refractivity contribution in [3.05, 3.63) is 0 Å². The van der Waals surface area contributed by atoms with Crippen LogP contribution >= 0.6 is 0 Å². The van der Waals surface area contributed by atoms with Gasteiger partial charge >= 0.3 is 5.97 Å². The highest BCUT2D eigenvalue weighted by Gasteiger charge is 2.29. The first-order valence-electron chi connectivity index (χ1n) is 5.40. The molecule has 0 aliphatic heterocycles. The van der Waals surface area contributed by atoms with Crippen LogP contribution < -0.4 is 11.1 Å². The number of hydrogen-bond acceptors (Lipinski definition) is 3. The molecule has 0 bridgehead atoms. The first kappa shape index (κ1) is 15.4. The van der Waals surface area contributed by atoms with Gasteiger partial charge < -0.3 is 16.2 Å². The first-order valence-corrected chi connectivity index (χ1v) is 5.40. The average Bonchev–Trinajstić information content (AvgIpc) is 2.23. The number of carbonyl (C=O) groups is 3. The van der Waals surface area contributed by atoms with E-state index >= 15 is 0 Å². The van der Waals surface area contributed by atoms with E-state index in [2.05, 4.69) is 5.32 Å². The van der Waals surface area contributed by atoms with Crippen molar-refractivity contribution < 1.29 is 19.5 Å². The maximum absolute atomic E-state index is 11.6. The molecule has 4 N–H and O–H groups in total. The molecule has 0 rings (SSSR count). The zero-order chi connectivity index (χ0) is 13.8. The van der Waals surface area contributed by atoms with Gasteiger partial charge in [-0.15, -0.1) is 0 Å². The molecule has 0 aliphatic rings. The summed E-state index contributed by atoms with van der Waals surface area (Å²) >= 11 is 0. The molecule has 0 fully saturated rings. The zero-order valence-corrected chi connectivity index (χ0v) is 10.6. The van der Waals surface area contributed by atoms with Crippen molar-refractivity contribution in [1.82, 2.24) is 5.32 Å². The van der Waals surface area contributed by atoms with Gasteiger partial charge in [-0.3, -0.25) is 14.4 Å². The van der Waals surface area contributed by atoms with E-state index in [-0.39, 0.29) is 6.54 Å². The smallest absolute Gasteiger partial charge is 0.307 e. The van der Waals surface area contributed by atoms with Crippen molar-refractivity contribution in [3.63, 3.8) is 0 Å². The highest BCUT2D eigenvalue weighted by atomic mass is 16.4. The molecule has 98 valence electrons. The van der Waals surface area contributed by atoms with Crippen LogP contribution in [0.4, 0.5) is 0 Å². The van der Waals surface area contributed by atoms with Crippen molar-refractivity contribution in [1.29, 1.82) is 0 Å². The molecule has 0 aromatic heterocycles. The van der Waals surface area contributed by atoms with Crippen LogP contribution in [0.3, 0.4) is 0 Å². The van der Waals surface area contributed by atoms with Gasteiger partial charge in [0.15, 0.2) is 0 Å². The number of amides is 2. The summed E-state index contributed by atoms with van der Waals surface area (Å²) in [6.45, 7) is 6.32. The first-order chi connectivity index (χ1) is 7.59. The molecule has 0 spiro atoms. The highest BCUT2D eigenvalue weighted by molar-refractivity contribution is 5.85. The maximum Gasteiger partial charge on any atom is 0.307 e. The number of carboxylic acids is 1. The van der Waals surface area contributed by atoms with Crippen LogP contribution in [-0.2, 0) is 14.4 Å². The Labute approximate surface area is 101 Å². The summed E-state index contributed by atoms with van der Waals surface area (Å²) in [6, 6.07) is 0. The van der Waals surface area contributed by atoms with E-state index in [9.17, 15) is 14.4 Å². The quantitative estimate of drug-likeness (QED) is 0.609. The lowest BCUT2D eigenvalue weighted by Gasteiger charge is -2.23. The lowest BCUT2D eigenvalue weighted by atomic mass is 9.91. The van der Waals surface area contributed by atoms with E-state index in [0.29, 0.717) is 0 Å². The molecule has 2 amide bonds. The van der Waals surface area contributed by atoms with Crippen LogP contribution in [0.2, 0.25) is 0 Å². The summed E-state index contributed by atoms with van der Waals surface area (Å²) in [5, 5.41) is 11.3. The molecule has 6 heteroatoms. The van der Waals surface area contributed by atoms with Gasteiger partial charge in [0.1, 0.15) is 0 Å². The number of carbonyl (C=O) groups excluding carboxylic acids is 2. The van der Waals surface area contributed by atoms with Gasteiger partial charge in [-0.25, -0.2) is 0 Å². The van der Waals surface area contributed by atoms with E-state index in [0.717, 1.165) is 0 Å². The van der Waals surface area contributed by atoms with E-state index in [4.69, 9.17) is 10.8 Å².